The third kappa shape index (κ3) is 2.59. The number of aliphatic hydroxyl groups excluding tert-OH is 1. The number of aromatic nitrogens is 2. The molecule has 0 saturated carbocycles. The van der Waals surface area contributed by atoms with Gasteiger partial charge in [0, 0.05) is 18.7 Å². The van der Waals surface area contributed by atoms with Crippen LogP contribution in [0.1, 0.15) is 43.1 Å². The summed E-state index contributed by atoms with van der Waals surface area (Å²) >= 11 is 2.09. The van der Waals surface area contributed by atoms with E-state index in [1.54, 1.807) is 0 Å². The van der Waals surface area contributed by atoms with E-state index < -0.39 is 0 Å². The Balaban J connectivity index is 1.71. The van der Waals surface area contributed by atoms with Crippen molar-refractivity contribution in [3.8, 4) is 0 Å². The monoisotopic (exact) mass is 266 g/mol. The van der Waals surface area contributed by atoms with E-state index >= 15 is 0 Å². The molecule has 0 aromatic carbocycles. The molecular formula is C14H22N2OS. The van der Waals surface area contributed by atoms with Crippen molar-refractivity contribution in [1.82, 2.24) is 9.55 Å². The largest absolute Gasteiger partial charge is 0.396 e. The second kappa shape index (κ2) is 5.66. The van der Waals surface area contributed by atoms with Gasteiger partial charge in [-0.1, -0.05) is 0 Å². The summed E-state index contributed by atoms with van der Waals surface area (Å²) in [5.74, 6) is 4.85. The molecule has 100 valence electrons. The minimum absolute atomic E-state index is 0.246. The number of nitrogens with zero attached hydrogens (tertiary/aromatic N) is 2. The molecule has 1 fully saturated rings. The van der Waals surface area contributed by atoms with Crippen molar-refractivity contribution in [3.63, 3.8) is 0 Å². The summed E-state index contributed by atoms with van der Waals surface area (Å²) in [4.78, 5) is 4.79. The zero-order valence-corrected chi connectivity index (χ0v) is 11.7. The first-order valence-electron chi connectivity index (χ1n) is 7.11. The lowest BCUT2D eigenvalue weighted by molar-refractivity contribution is 0.238. The molecule has 1 aromatic rings. The van der Waals surface area contributed by atoms with E-state index in [0.717, 1.165) is 31.1 Å². The normalized spacial score (nSPS) is 28.1. The maximum atomic E-state index is 9.41. The number of imidazole rings is 1. The highest BCUT2D eigenvalue weighted by molar-refractivity contribution is 7.99. The van der Waals surface area contributed by atoms with Gasteiger partial charge in [0.15, 0.2) is 0 Å². The van der Waals surface area contributed by atoms with Crippen molar-refractivity contribution < 1.29 is 5.11 Å². The van der Waals surface area contributed by atoms with E-state index in [9.17, 15) is 5.11 Å². The molecule has 18 heavy (non-hydrogen) atoms. The molecule has 0 bridgehead atoms. The Hall–Kier alpha value is -0.480. The molecule has 4 heteroatoms. The van der Waals surface area contributed by atoms with Crippen molar-refractivity contribution in [2.45, 2.75) is 44.6 Å². The number of thioether (sulfide) groups is 1. The van der Waals surface area contributed by atoms with Gasteiger partial charge >= 0.3 is 0 Å². The molecule has 3 heterocycles. The van der Waals surface area contributed by atoms with Crippen molar-refractivity contribution in [2.24, 2.45) is 5.92 Å². The van der Waals surface area contributed by atoms with Gasteiger partial charge < -0.3 is 9.67 Å². The summed E-state index contributed by atoms with van der Waals surface area (Å²) in [6, 6.07) is 0. The van der Waals surface area contributed by atoms with Crippen LogP contribution in [-0.4, -0.2) is 32.8 Å². The number of aliphatic hydroxyl groups is 1. The Kier molecular flexibility index (Phi) is 3.94. The first kappa shape index (κ1) is 12.5. The second-order valence-corrected chi connectivity index (χ2v) is 6.74. The lowest BCUT2D eigenvalue weighted by atomic mass is 10.00. The topological polar surface area (TPSA) is 38.0 Å². The number of hydrogen-bond acceptors (Lipinski definition) is 3. The van der Waals surface area contributed by atoms with Gasteiger partial charge in [0.05, 0.1) is 12.3 Å². The van der Waals surface area contributed by atoms with Gasteiger partial charge in [-0.05, 0) is 49.5 Å². The third-order valence-corrected chi connectivity index (χ3v) is 5.43. The van der Waals surface area contributed by atoms with Crippen molar-refractivity contribution >= 4 is 11.8 Å². The molecule has 0 aliphatic carbocycles. The van der Waals surface area contributed by atoms with Crippen molar-refractivity contribution in [2.75, 3.05) is 18.1 Å². The zero-order chi connectivity index (χ0) is 12.4. The van der Waals surface area contributed by atoms with Crippen molar-refractivity contribution in [3.05, 3.63) is 17.7 Å². The minimum Gasteiger partial charge on any atom is -0.396 e. The van der Waals surface area contributed by atoms with E-state index in [1.165, 1.54) is 36.5 Å². The predicted octanol–water partition coefficient (Wildman–Crippen LogP) is 2.44. The highest BCUT2D eigenvalue weighted by atomic mass is 32.2. The second-order valence-electron chi connectivity index (χ2n) is 5.59. The molecule has 3 rings (SSSR count). The molecule has 2 aliphatic heterocycles. The summed E-state index contributed by atoms with van der Waals surface area (Å²) in [5, 5.41) is 9.41. The lowest BCUT2D eigenvalue weighted by Crippen LogP contribution is -2.18. The smallest absolute Gasteiger partial charge is 0.114 e. The Morgan fingerprint density at radius 2 is 2.33 bits per heavy atom. The Morgan fingerprint density at radius 3 is 3.11 bits per heavy atom. The number of aryl methyl sites for hydroxylation is 1. The van der Waals surface area contributed by atoms with Crippen LogP contribution in [0, 0.1) is 5.92 Å². The number of fused-ring (bicyclic) bond motifs is 1. The fourth-order valence-corrected chi connectivity index (χ4v) is 4.32. The molecule has 1 saturated heterocycles. The minimum atomic E-state index is 0.246. The van der Waals surface area contributed by atoms with Gasteiger partial charge in [-0.25, -0.2) is 4.98 Å². The SMILES string of the molecule is OCC1CCCn2cc(CC3CCCSC3)nc21. The van der Waals surface area contributed by atoms with Crippen LogP contribution in [0.4, 0.5) is 0 Å². The first-order valence-corrected chi connectivity index (χ1v) is 8.27. The van der Waals surface area contributed by atoms with Crippen LogP contribution in [0.3, 0.4) is 0 Å². The molecule has 0 radical (unpaired) electrons. The van der Waals surface area contributed by atoms with Crippen LogP contribution in [0.5, 0.6) is 0 Å². The van der Waals surface area contributed by atoms with E-state index in [-0.39, 0.29) is 12.5 Å². The van der Waals surface area contributed by atoms with E-state index in [2.05, 4.69) is 22.5 Å². The maximum absolute atomic E-state index is 9.41. The highest BCUT2D eigenvalue weighted by Crippen LogP contribution is 2.29. The zero-order valence-electron chi connectivity index (χ0n) is 10.8. The highest BCUT2D eigenvalue weighted by Gasteiger charge is 2.23. The van der Waals surface area contributed by atoms with Crippen molar-refractivity contribution in [1.29, 1.82) is 0 Å². The Morgan fingerprint density at radius 1 is 1.39 bits per heavy atom. The summed E-state index contributed by atoms with van der Waals surface area (Å²) < 4.78 is 2.27. The Bertz CT molecular complexity index is 398. The van der Waals surface area contributed by atoms with Crippen LogP contribution in [0.2, 0.25) is 0 Å². The third-order valence-electron chi connectivity index (χ3n) is 4.15. The molecule has 1 aromatic heterocycles. The molecule has 2 aliphatic rings. The standard InChI is InChI=1S/C14H22N2OS/c17-9-12-4-1-5-16-8-13(15-14(12)16)7-11-3-2-6-18-10-11/h8,11-12,17H,1-7,9-10H2. The fourth-order valence-electron chi connectivity index (χ4n) is 3.16. The van der Waals surface area contributed by atoms with Crippen LogP contribution in [-0.2, 0) is 13.0 Å². The molecular weight excluding hydrogens is 244 g/mol. The number of rotatable bonds is 3. The summed E-state index contributed by atoms with van der Waals surface area (Å²) in [5.41, 5.74) is 1.25. The molecule has 1 N–H and O–H groups in total. The van der Waals surface area contributed by atoms with Crippen LogP contribution < -0.4 is 0 Å². The van der Waals surface area contributed by atoms with Crippen LogP contribution >= 0.6 is 11.8 Å². The van der Waals surface area contributed by atoms with Gasteiger partial charge in [-0.2, -0.15) is 11.8 Å². The predicted molar refractivity (Wildman–Crippen MR) is 75.0 cm³/mol. The van der Waals surface area contributed by atoms with Crippen LogP contribution in [0.25, 0.3) is 0 Å². The van der Waals surface area contributed by atoms with Gasteiger partial charge in [0.1, 0.15) is 5.82 Å². The van der Waals surface area contributed by atoms with E-state index in [1.807, 2.05) is 0 Å². The summed E-state index contributed by atoms with van der Waals surface area (Å²) in [6.07, 6.45) is 8.35. The molecule has 2 atom stereocenters. The van der Waals surface area contributed by atoms with E-state index in [0.29, 0.717) is 0 Å². The summed E-state index contributed by atoms with van der Waals surface area (Å²) in [6.45, 7) is 1.33. The average Bonchev–Trinajstić information content (AvgIpc) is 2.82. The average molecular weight is 266 g/mol. The van der Waals surface area contributed by atoms with Gasteiger partial charge in [0.25, 0.3) is 0 Å². The summed E-state index contributed by atoms with van der Waals surface area (Å²) in [7, 11) is 0. The Labute approximate surface area is 113 Å². The maximum Gasteiger partial charge on any atom is 0.114 e. The fraction of sp³-hybridized carbons (Fsp3) is 0.786. The van der Waals surface area contributed by atoms with Gasteiger partial charge in [-0.3, -0.25) is 0 Å². The van der Waals surface area contributed by atoms with E-state index in [4.69, 9.17) is 4.98 Å². The molecule has 3 nitrogen and oxygen atoms in total. The van der Waals surface area contributed by atoms with Crippen LogP contribution in [0.15, 0.2) is 6.20 Å². The quantitative estimate of drug-likeness (QED) is 0.913. The number of hydrogen-bond donors (Lipinski definition) is 1. The molecule has 0 amide bonds. The van der Waals surface area contributed by atoms with Gasteiger partial charge in [-0.15, -0.1) is 0 Å². The molecule has 2 unspecified atom stereocenters. The molecule has 0 spiro atoms. The first-order chi connectivity index (χ1) is 8.86. The lowest BCUT2D eigenvalue weighted by Gasteiger charge is -2.21. The van der Waals surface area contributed by atoms with Gasteiger partial charge in [0.2, 0.25) is 0 Å².